The zero-order chi connectivity index (χ0) is 47.9. The average molecular weight is 919 g/mol. The zero-order valence-corrected chi connectivity index (χ0v) is 43.2. The van der Waals surface area contributed by atoms with Gasteiger partial charge < -0.3 is 14.2 Å². The van der Waals surface area contributed by atoms with Crippen molar-refractivity contribution in [1.82, 2.24) is 0 Å². The van der Waals surface area contributed by atoms with Crippen LogP contribution in [0.25, 0.3) is 0 Å². The van der Waals surface area contributed by atoms with Crippen LogP contribution in [0.4, 0.5) is 0 Å². The van der Waals surface area contributed by atoms with Crippen LogP contribution in [0.1, 0.15) is 258 Å². The lowest BCUT2D eigenvalue weighted by atomic mass is 10.0. The summed E-state index contributed by atoms with van der Waals surface area (Å²) in [4.78, 5) is 38.0. The molecule has 0 saturated heterocycles. The Morgan fingerprint density at radius 2 is 0.606 bits per heavy atom. The third kappa shape index (κ3) is 51.6. The topological polar surface area (TPSA) is 78.9 Å². The van der Waals surface area contributed by atoms with Crippen molar-refractivity contribution in [2.75, 3.05) is 13.2 Å². The Labute approximate surface area is 407 Å². The highest BCUT2D eigenvalue weighted by atomic mass is 16.6. The molecule has 0 aromatic heterocycles. The Balaban J connectivity index is 4.44. The van der Waals surface area contributed by atoms with Crippen LogP contribution in [-0.4, -0.2) is 37.2 Å². The molecular weight excluding hydrogens is 817 g/mol. The maximum absolute atomic E-state index is 12.8. The van der Waals surface area contributed by atoms with Gasteiger partial charge in [0.15, 0.2) is 6.10 Å². The first-order valence-corrected chi connectivity index (χ1v) is 27.6. The van der Waals surface area contributed by atoms with E-state index in [0.717, 1.165) is 83.5 Å². The number of rotatable bonds is 49. The molecule has 0 radical (unpaired) electrons. The van der Waals surface area contributed by atoms with Crippen molar-refractivity contribution in [3.8, 4) is 0 Å². The average Bonchev–Trinajstić information content (AvgIpc) is 3.31. The van der Waals surface area contributed by atoms with Crippen LogP contribution in [0.2, 0.25) is 0 Å². The summed E-state index contributed by atoms with van der Waals surface area (Å²) in [5.74, 6) is -0.958. The Kier molecular flexibility index (Phi) is 51.4. The summed E-state index contributed by atoms with van der Waals surface area (Å²) in [6.45, 7) is 6.45. The molecule has 0 spiro atoms. The van der Waals surface area contributed by atoms with E-state index in [0.29, 0.717) is 19.3 Å². The number of hydrogen-bond donors (Lipinski definition) is 0. The normalized spacial score (nSPS) is 12.7. The van der Waals surface area contributed by atoms with Gasteiger partial charge in [0.2, 0.25) is 0 Å². The molecule has 0 heterocycles. The fourth-order valence-electron chi connectivity index (χ4n) is 7.51. The van der Waals surface area contributed by atoms with E-state index < -0.39 is 6.10 Å². The maximum Gasteiger partial charge on any atom is 0.306 e. The van der Waals surface area contributed by atoms with Crippen molar-refractivity contribution >= 4 is 17.9 Å². The maximum atomic E-state index is 12.8. The summed E-state index contributed by atoms with van der Waals surface area (Å²) in [6, 6.07) is 0. The predicted octanol–water partition coefficient (Wildman–Crippen LogP) is 18.4. The van der Waals surface area contributed by atoms with Gasteiger partial charge in [0, 0.05) is 19.3 Å². The number of carbonyl (C=O) groups excluding carboxylic acids is 3. The first kappa shape index (κ1) is 62.6. The second-order valence-corrected chi connectivity index (χ2v) is 18.1. The molecule has 6 heteroatoms. The van der Waals surface area contributed by atoms with Crippen molar-refractivity contribution < 1.29 is 28.6 Å². The molecule has 0 bridgehead atoms. The number of unbranched alkanes of at least 4 members (excludes halogenated alkanes) is 24. The second-order valence-electron chi connectivity index (χ2n) is 18.1. The van der Waals surface area contributed by atoms with Crippen molar-refractivity contribution in [3.05, 3.63) is 85.1 Å². The van der Waals surface area contributed by atoms with E-state index in [1.54, 1.807) is 0 Å². The van der Waals surface area contributed by atoms with E-state index in [-0.39, 0.29) is 37.5 Å². The summed E-state index contributed by atoms with van der Waals surface area (Å²) in [5, 5.41) is 0. The van der Waals surface area contributed by atoms with E-state index >= 15 is 0 Å². The fourth-order valence-corrected chi connectivity index (χ4v) is 7.51. The lowest BCUT2D eigenvalue weighted by molar-refractivity contribution is -0.167. The molecule has 0 aromatic carbocycles. The Morgan fingerprint density at radius 3 is 1.00 bits per heavy atom. The summed E-state index contributed by atoms with van der Waals surface area (Å²) < 4.78 is 16.8. The molecule has 0 rings (SSSR count). The highest BCUT2D eigenvalue weighted by molar-refractivity contribution is 5.71. The summed E-state index contributed by atoms with van der Waals surface area (Å²) in [7, 11) is 0. The standard InChI is InChI=1S/C60H102O6/c1-4-7-10-13-16-19-22-25-27-29-30-32-33-35-38-41-44-47-50-53-59(62)65-56-57(55-64-58(61)52-49-46-43-40-37-24-21-18-15-12-9-6-3)66-60(63)54-51-48-45-42-39-36-34-31-28-26-23-20-17-14-11-8-5-2/h8,11,16-17,19-20,25-28,34,36,42,45,57H,4-7,9-10,12-15,18,21-24,29-33,35,37-41,43-44,46-56H2,1-3H3/b11-8-,19-16-,20-17-,27-25-,28-26-,36-34-,45-42-. The molecular formula is C60H102O6. The molecule has 0 N–H and O–H groups in total. The predicted molar refractivity (Wildman–Crippen MR) is 284 cm³/mol. The Bertz CT molecular complexity index is 1290. The van der Waals surface area contributed by atoms with Crippen LogP contribution < -0.4 is 0 Å². The third-order valence-corrected chi connectivity index (χ3v) is 11.6. The number of esters is 3. The van der Waals surface area contributed by atoms with Gasteiger partial charge in [-0.3, -0.25) is 14.4 Å². The van der Waals surface area contributed by atoms with E-state index in [1.165, 1.54) is 128 Å². The highest BCUT2D eigenvalue weighted by Crippen LogP contribution is 2.15. The van der Waals surface area contributed by atoms with Crippen molar-refractivity contribution in [1.29, 1.82) is 0 Å². The van der Waals surface area contributed by atoms with Crippen LogP contribution in [0, 0.1) is 0 Å². The largest absolute Gasteiger partial charge is 0.462 e. The van der Waals surface area contributed by atoms with Gasteiger partial charge in [0.1, 0.15) is 13.2 Å². The first-order chi connectivity index (χ1) is 32.5. The van der Waals surface area contributed by atoms with Gasteiger partial charge >= 0.3 is 17.9 Å². The molecule has 0 aliphatic rings. The quantitative estimate of drug-likeness (QED) is 0.0262. The van der Waals surface area contributed by atoms with Crippen LogP contribution in [0.5, 0.6) is 0 Å². The number of carbonyl (C=O) groups is 3. The van der Waals surface area contributed by atoms with Crippen molar-refractivity contribution in [3.63, 3.8) is 0 Å². The SMILES string of the molecule is CC/C=C\C/C=C\C/C=C\C/C=C\C/C=C\CCCC(=O)OC(COC(=O)CCCCCCCCCCC/C=C\C/C=C\CCCCC)COC(=O)CCCCCCCCCCCCCC. The van der Waals surface area contributed by atoms with E-state index in [2.05, 4.69) is 106 Å². The molecule has 0 fully saturated rings. The van der Waals surface area contributed by atoms with Gasteiger partial charge in [-0.05, 0) is 89.9 Å². The molecule has 378 valence electrons. The minimum Gasteiger partial charge on any atom is -0.462 e. The van der Waals surface area contributed by atoms with Gasteiger partial charge in [-0.15, -0.1) is 0 Å². The molecule has 0 aromatic rings. The summed E-state index contributed by atoms with van der Waals surface area (Å²) >= 11 is 0. The van der Waals surface area contributed by atoms with Gasteiger partial charge in [-0.2, -0.15) is 0 Å². The number of hydrogen-bond acceptors (Lipinski definition) is 6. The lowest BCUT2D eigenvalue weighted by Crippen LogP contribution is -2.30. The first-order valence-electron chi connectivity index (χ1n) is 27.6. The van der Waals surface area contributed by atoms with E-state index in [4.69, 9.17) is 14.2 Å². The lowest BCUT2D eigenvalue weighted by Gasteiger charge is -2.18. The summed E-state index contributed by atoms with van der Waals surface area (Å²) in [5.41, 5.74) is 0. The van der Waals surface area contributed by atoms with Gasteiger partial charge in [0.05, 0.1) is 0 Å². The van der Waals surface area contributed by atoms with Crippen LogP contribution >= 0.6 is 0 Å². The third-order valence-electron chi connectivity index (χ3n) is 11.6. The van der Waals surface area contributed by atoms with Crippen LogP contribution in [0.15, 0.2) is 85.1 Å². The zero-order valence-electron chi connectivity index (χ0n) is 43.2. The van der Waals surface area contributed by atoms with Gasteiger partial charge in [0.25, 0.3) is 0 Å². The molecule has 1 atom stereocenters. The number of allylic oxidation sites excluding steroid dienone is 14. The van der Waals surface area contributed by atoms with Crippen LogP contribution in [0.3, 0.4) is 0 Å². The highest BCUT2D eigenvalue weighted by Gasteiger charge is 2.19. The molecule has 0 amide bonds. The molecule has 6 nitrogen and oxygen atoms in total. The minimum absolute atomic E-state index is 0.0988. The molecule has 0 aliphatic heterocycles. The van der Waals surface area contributed by atoms with Gasteiger partial charge in [-0.25, -0.2) is 0 Å². The Morgan fingerprint density at radius 1 is 0.318 bits per heavy atom. The van der Waals surface area contributed by atoms with Gasteiger partial charge in [-0.1, -0.05) is 234 Å². The molecule has 0 saturated carbocycles. The second kappa shape index (κ2) is 54.2. The molecule has 0 aliphatic carbocycles. The van der Waals surface area contributed by atoms with E-state index in [1.807, 2.05) is 0 Å². The van der Waals surface area contributed by atoms with Crippen LogP contribution in [-0.2, 0) is 28.6 Å². The number of ether oxygens (including phenoxy) is 3. The monoisotopic (exact) mass is 919 g/mol. The molecule has 1 unspecified atom stereocenters. The smallest absolute Gasteiger partial charge is 0.306 e. The van der Waals surface area contributed by atoms with Crippen molar-refractivity contribution in [2.24, 2.45) is 0 Å². The minimum atomic E-state index is -0.806. The Hall–Kier alpha value is -3.41. The molecule has 66 heavy (non-hydrogen) atoms. The van der Waals surface area contributed by atoms with E-state index in [9.17, 15) is 14.4 Å². The van der Waals surface area contributed by atoms with Crippen molar-refractivity contribution in [2.45, 2.75) is 264 Å². The summed E-state index contributed by atoms with van der Waals surface area (Å²) in [6.07, 6.45) is 70.0. The fraction of sp³-hybridized carbons (Fsp3) is 0.717.